The molecule has 6 heteroatoms. The van der Waals surface area contributed by atoms with Crippen molar-refractivity contribution in [2.24, 2.45) is 0 Å². The van der Waals surface area contributed by atoms with E-state index < -0.39 is 18.3 Å². The van der Waals surface area contributed by atoms with E-state index in [1.54, 1.807) is 0 Å². The van der Waals surface area contributed by atoms with E-state index >= 15 is 0 Å². The molecule has 0 bridgehead atoms. The maximum Gasteiger partial charge on any atom is 0.419 e. The molecule has 1 heterocycles. The minimum atomic E-state index is -4.43. The van der Waals surface area contributed by atoms with Gasteiger partial charge in [-0.2, -0.15) is 13.2 Å². The molecular weight excluding hydrogens is 199 g/mol. The van der Waals surface area contributed by atoms with Gasteiger partial charge in [0.1, 0.15) is 0 Å². The van der Waals surface area contributed by atoms with Crippen molar-refractivity contribution in [2.75, 3.05) is 20.2 Å². The van der Waals surface area contributed by atoms with Gasteiger partial charge in [0.15, 0.2) is 5.60 Å². The van der Waals surface area contributed by atoms with Crippen molar-refractivity contribution in [3.8, 4) is 0 Å². The third-order valence-electron chi connectivity index (χ3n) is 2.54. The lowest BCUT2D eigenvalue weighted by Gasteiger charge is -2.41. The molecule has 14 heavy (non-hydrogen) atoms. The minimum Gasteiger partial charge on any atom is -0.367 e. The van der Waals surface area contributed by atoms with Gasteiger partial charge in [0.2, 0.25) is 6.41 Å². The highest BCUT2D eigenvalue weighted by Crippen LogP contribution is 2.39. The Hall–Kier alpha value is -0.780. The fraction of sp³-hybridized carbons (Fsp3) is 0.875. The molecule has 0 aromatic heterocycles. The summed E-state index contributed by atoms with van der Waals surface area (Å²) >= 11 is 0. The molecule has 1 amide bonds. The number of hydrogen-bond acceptors (Lipinski definition) is 2. The molecule has 0 aromatic rings. The van der Waals surface area contributed by atoms with Crippen molar-refractivity contribution >= 4 is 6.41 Å². The fourth-order valence-corrected chi connectivity index (χ4v) is 1.66. The topological polar surface area (TPSA) is 29.5 Å². The molecule has 3 nitrogen and oxygen atoms in total. The Balaban J connectivity index is 2.83. The third-order valence-corrected chi connectivity index (χ3v) is 2.54. The van der Waals surface area contributed by atoms with Gasteiger partial charge in [-0.3, -0.25) is 4.79 Å². The van der Waals surface area contributed by atoms with Gasteiger partial charge in [0.05, 0.1) is 6.54 Å². The van der Waals surface area contributed by atoms with Gasteiger partial charge < -0.3 is 9.64 Å². The van der Waals surface area contributed by atoms with Crippen molar-refractivity contribution in [1.82, 2.24) is 4.90 Å². The number of carbonyl (C=O) groups is 1. The van der Waals surface area contributed by atoms with Gasteiger partial charge in [-0.1, -0.05) is 0 Å². The Bertz CT molecular complexity index is 219. The first-order chi connectivity index (χ1) is 6.45. The van der Waals surface area contributed by atoms with E-state index in [1.807, 2.05) is 0 Å². The molecule has 0 aromatic carbocycles. The van der Waals surface area contributed by atoms with Crippen LogP contribution in [0.4, 0.5) is 13.2 Å². The zero-order valence-corrected chi connectivity index (χ0v) is 7.80. The van der Waals surface area contributed by atoms with Gasteiger partial charge in [0, 0.05) is 13.7 Å². The predicted molar refractivity (Wildman–Crippen MR) is 42.7 cm³/mol. The molecule has 1 saturated heterocycles. The molecule has 1 unspecified atom stereocenters. The van der Waals surface area contributed by atoms with Gasteiger partial charge in [-0.15, -0.1) is 0 Å². The van der Waals surface area contributed by atoms with E-state index in [0.29, 0.717) is 19.4 Å². The Kier molecular flexibility index (Phi) is 3.04. The smallest absolute Gasteiger partial charge is 0.367 e. The van der Waals surface area contributed by atoms with Gasteiger partial charge in [0.25, 0.3) is 0 Å². The fourth-order valence-electron chi connectivity index (χ4n) is 1.66. The Morgan fingerprint density at radius 2 is 2.14 bits per heavy atom. The summed E-state index contributed by atoms with van der Waals surface area (Å²) in [5.41, 5.74) is -2.17. The Morgan fingerprint density at radius 3 is 2.57 bits per heavy atom. The van der Waals surface area contributed by atoms with E-state index in [0.717, 1.165) is 12.0 Å². The highest BCUT2D eigenvalue weighted by molar-refractivity contribution is 5.47. The monoisotopic (exact) mass is 211 g/mol. The molecule has 1 atom stereocenters. The van der Waals surface area contributed by atoms with Crippen molar-refractivity contribution in [3.63, 3.8) is 0 Å². The summed E-state index contributed by atoms with van der Waals surface area (Å²) in [5.74, 6) is 0. The number of carbonyl (C=O) groups excluding carboxylic acids is 1. The summed E-state index contributed by atoms with van der Waals surface area (Å²) in [4.78, 5) is 11.5. The van der Waals surface area contributed by atoms with E-state index in [1.165, 1.54) is 0 Å². The van der Waals surface area contributed by atoms with Crippen LogP contribution in [0.2, 0.25) is 0 Å². The summed E-state index contributed by atoms with van der Waals surface area (Å²) in [6, 6.07) is 0. The lowest BCUT2D eigenvalue weighted by Crippen LogP contribution is -2.57. The molecule has 0 saturated carbocycles. The lowest BCUT2D eigenvalue weighted by molar-refractivity contribution is -0.281. The Labute approximate surface area is 79.8 Å². The quantitative estimate of drug-likeness (QED) is 0.642. The summed E-state index contributed by atoms with van der Waals surface area (Å²) < 4.78 is 42.5. The highest BCUT2D eigenvalue weighted by Gasteiger charge is 2.57. The van der Waals surface area contributed by atoms with Crippen LogP contribution in [0.1, 0.15) is 12.8 Å². The van der Waals surface area contributed by atoms with Gasteiger partial charge >= 0.3 is 6.18 Å². The second-order valence-electron chi connectivity index (χ2n) is 3.38. The number of amides is 1. The first kappa shape index (κ1) is 11.3. The molecule has 0 aliphatic carbocycles. The lowest BCUT2D eigenvalue weighted by atomic mass is 9.92. The van der Waals surface area contributed by atoms with E-state index in [9.17, 15) is 18.0 Å². The van der Waals surface area contributed by atoms with Crippen molar-refractivity contribution in [1.29, 1.82) is 0 Å². The molecule has 0 N–H and O–H groups in total. The third kappa shape index (κ3) is 1.84. The van der Waals surface area contributed by atoms with Crippen LogP contribution in [0.25, 0.3) is 0 Å². The summed E-state index contributed by atoms with van der Waals surface area (Å²) in [7, 11) is 1.03. The summed E-state index contributed by atoms with van der Waals surface area (Å²) in [6.45, 7) is -0.0405. The first-order valence-electron chi connectivity index (χ1n) is 4.26. The SMILES string of the molecule is COC1(C(F)(F)F)CCCN(C=O)C1. The number of hydrogen-bond donors (Lipinski definition) is 0. The van der Waals surface area contributed by atoms with Crippen molar-refractivity contribution in [3.05, 3.63) is 0 Å². The van der Waals surface area contributed by atoms with Crippen LogP contribution in [0.3, 0.4) is 0 Å². The zero-order valence-electron chi connectivity index (χ0n) is 7.80. The number of nitrogens with zero attached hydrogens (tertiary/aromatic N) is 1. The predicted octanol–water partition coefficient (Wildman–Crippen LogP) is 1.19. The summed E-state index contributed by atoms with van der Waals surface area (Å²) in [6.07, 6.45) is -3.77. The van der Waals surface area contributed by atoms with E-state index in [2.05, 4.69) is 4.74 Å². The van der Waals surface area contributed by atoms with Crippen LogP contribution in [0.5, 0.6) is 0 Å². The molecule has 1 fully saturated rings. The second-order valence-corrected chi connectivity index (χ2v) is 3.38. The number of alkyl halides is 3. The second kappa shape index (κ2) is 3.76. The van der Waals surface area contributed by atoms with Crippen LogP contribution >= 0.6 is 0 Å². The molecule has 1 rings (SSSR count). The number of halogens is 3. The van der Waals surface area contributed by atoms with Crippen LogP contribution in [-0.4, -0.2) is 43.3 Å². The van der Waals surface area contributed by atoms with Crippen LogP contribution in [0, 0.1) is 0 Å². The molecule has 82 valence electrons. The molecular formula is C8H12F3NO2. The standard InChI is InChI=1S/C8H12F3NO2/c1-14-7(8(9,10)11)3-2-4-12(5-7)6-13/h6H,2-5H2,1H3. The van der Waals surface area contributed by atoms with Crippen LogP contribution < -0.4 is 0 Å². The minimum absolute atomic E-state index is 0.0860. The average molecular weight is 211 g/mol. The number of rotatable bonds is 2. The normalized spacial score (nSPS) is 29.0. The first-order valence-corrected chi connectivity index (χ1v) is 4.26. The largest absolute Gasteiger partial charge is 0.419 e. The van der Waals surface area contributed by atoms with Gasteiger partial charge in [-0.25, -0.2) is 0 Å². The van der Waals surface area contributed by atoms with Crippen molar-refractivity contribution in [2.45, 2.75) is 24.6 Å². The number of ether oxygens (including phenoxy) is 1. The molecule has 0 spiro atoms. The highest BCUT2D eigenvalue weighted by atomic mass is 19.4. The average Bonchev–Trinajstić information content (AvgIpc) is 2.16. The van der Waals surface area contributed by atoms with Crippen LogP contribution in [-0.2, 0) is 9.53 Å². The number of piperidine rings is 1. The van der Waals surface area contributed by atoms with E-state index in [-0.39, 0.29) is 6.42 Å². The van der Waals surface area contributed by atoms with Gasteiger partial charge in [-0.05, 0) is 12.8 Å². The Morgan fingerprint density at radius 1 is 1.50 bits per heavy atom. The maximum absolute atomic E-state index is 12.6. The summed E-state index contributed by atoms with van der Waals surface area (Å²) in [5, 5.41) is 0. The van der Waals surface area contributed by atoms with Crippen LogP contribution in [0.15, 0.2) is 0 Å². The van der Waals surface area contributed by atoms with Crippen molar-refractivity contribution < 1.29 is 22.7 Å². The van der Waals surface area contributed by atoms with E-state index in [4.69, 9.17) is 0 Å². The maximum atomic E-state index is 12.6. The number of methoxy groups -OCH3 is 1. The molecule has 1 aliphatic rings. The zero-order chi connectivity index (χ0) is 10.8. The molecule has 0 radical (unpaired) electrons. The number of likely N-dealkylation sites (tertiary alicyclic amines) is 1. The molecule has 1 aliphatic heterocycles.